The first kappa shape index (κ1) is 11.1. The molecule has 1 aliphatic rings. The van der Waals surface area contributed by atoms with Crippen molar-refractivity contribution in [1.29, 1.82) is 0 Å². The summed E-state index contributed by atoms with van der Waals surface area (Å²) in [5, 5.41) is 0. The molecule has 0 spiro atoms. The highest BCUT2D eigenvalue weighted by Gasteiger charge is 2.22. The predicted octanol–water partition coefficient (Wildman–Crippen LogP) is 2.69. The SMILES string of the molecule is O=C(c1ncc2sc(Br)cc2n1)N1CCCC1. The summed E-state index contributed by atoms with van der Waals surface area (Å²) in [6.45, 7) is 1.65. The van der Waals surface area contributed by atoms with Crippen LogP contribution in [-0.4, -0.2) is 33.9 Å². The molecule has 1 fully saturated rings. The first-order chi connectivity index (χ1) is 8.24. The van der Waals surface area contributed by atoms with Gasteiger partial charge in [0.25, 0.3) is 5.91 Å². The molecule has 4 nitrogen and oxygen atoms in total. The first-order valence-electron chi connectivity index (χ1n) is 5.45. The summed E-state index contributed by atoms with van der Waals surface area (Å²) in [6, 6.07) is 1.92. The maximum Gasteiger partial charge on any atom is 0.291 e. The fourth-order valence-electron chi connectivity index (χ4n) is 1.97. The van der Waals surface area contributed by atoms with Crippen LogP contribution in [0.1, 0.15) is 23.5 Å². The molecule has 17 heavy (non-hydrogen) atoms. The van der Waals surface area contributed by atoms with E-state index in [1.807, 2.05) is 11.0 Å². The molecule has 0 atom stereocenters. The Hall–Kier alpha value is -1.01. The molecule has 0 aliphatic carbocycles. The lowest BCUT2D eigenvalue weighted by Gasteiger charge is -2.13. The van der Waals surface area contributed by atoms with Crippen molar-refractivity contribution in [3.8, 4) is 0 Å². The van der Waals surface area contributed by atoms with Crippen LogP contribution in [0.15, 0.2) is 16.0 Å². The molecule has 0 unspecified atom stereocenters. The van der Waals surface area contributed by atoms with Crippen molar-refractivity contribution in [2.45, 2.75) is 12.8 Å². The van der Waals surface area contributed by atoms with Crippen molar-refractivity contribution >= 4 is 43.4 Å². The smallest absolute Gasteiger partial charge is 0.291 e. The van der Waals surface area contributed by atoms with Crippen molar-refractivity contribution in [2.24, 2.45) is 0 Å². The molecule has 0 radical (unpaired) electrons. The van der Waals surface area contributed by atoms with Gasteiger partial charge in [-0.15, -0.1) is 11.3 Å². The third kappa shape index (κ3) is 2.07. The van der Waals surface area contributed by atoms with Crippen LogP contribution in [0.4, 0.5) is 0 Å². The van der Waals surface area contributed by atoms with Gasteiger partial charge in [-0.25, -0.2) is 9.97 Å². The summed E-state index contributed by atoms with van der Waals surface area (Å²) in [7, 11) is 0. The van der Waals surface area contributed by atoms with Crippen molar-refractivity contribution in [1.82, 2.24) is 14.9 Å². The monoisotopic (exact) mass is 311 g/mol. The number of amides is 1. The maximum absolute atomic E-state index is 12.1. The van der Waals surface area contributed by atoms with E-state index in [9.17, 15) is 4.79 Å². The molecular weight excluding hydrogens is 302 g/mol. The second-order valence-corrected chi connectivity index (χ2v) is 6.46. The van der Waals surface area contributed by atoms with Gasteiger partial charge in [0.05, 0.1) is 14.0 Å². The van der Waals surface area contributed by atoms with Gasteiger partial charge in [0.15, 0.2) is 0 Å². The van der Waals surface area contributed by atoms with Crippen molar-refractivity contribution in [3.05, 3.63) is 21.9 Å². The van der Waals surface area contributed by atoms with E-state index in [1.165, 1.54) is 0 Å². The number of carbonyl (C=O) groups is 1. The van der Waals surface area contributed by atoms with E-state index in [4.69, 9.17) is 0 Å². The Morgan fingerprint density at radius 3 is 2.94 bits per heavy atom. The van der Waals surface area contributed by atoms with Crippen LogP contribution in [-0.2, 0) is 0 Å². The van der Waals surface area contributed by atoms with Gasteiger partial charge in [0.1, 0.15) is 0 Å². The zero-order chi connectivity index (χ0) is 11.8. The van der Waals surface area contributed by atoms with Crippen LogP contribution in [0.25, 0.3) is 10.2 Å². The van der Waals surface area contributed by atoms with Gasteiger partial charge in [0, 0.05) is 19.3 Å². The Morgan fingerprint density at radius 1 is 1.41 bits per heavy atom. The zero-order valence-corrected chi connectivity index (χ0v) is 11.4. The van der Waals surface area contributed by atoms with Crippen LogP contribution in [0.5, 0.6) is 0 Å². The number of nitrogens with zero attached hydrogens (tertiary/aromatic N) is 3. The van der Waals surface area contributed by atoms with Crippen LogP contribution < -0.4 is 0 Å². The molecular formula is C11H10BrN3OS. The lowest BCUT2D eigenvalue weighted by atomic mass is 10.4. The average molecular weight is 312 g/mol. The standard InChI is InChI=1S/C11H10BrN3OS/c12-9-5-7-8(17-9)6-13-10(14-7)11(16)15-3-1-2-4-15/h5-6H,1-4H2. The number of hydrogen-bond acceptors (Lipinski definition) is 4. The fraction of sp³-hybridized carbons (Fsp3) is 0.364. The van der Waals surface area contributed by atoms with E-state index in [0.717, 1.165) is 39.9 Å². The fourth-order valence-corrected chi connectivity index (χ4v) is 3.41. The Bertz CT molecular complexity index is 577. The zero-order valence-electron chi connectivity index (χ0n) is 9.02. The number of hydrogen-bond donors (Lipinski definition) is 0. The number of carbonyl (C=O) groups excluding carboxylic acids is 1. The third-order valence-corrected chi connectivity index (χ3v) is 4.39. The van der Waals surface area contributed by atoms with Gasteiger partial charge in [-0.3, -0.25) is 4.79 Å². The Labute approximate surface area is 111 Å². The lowest BCUT2D eigenvalue weighted by Crippen LogP contribution is -2.29. The molecule has 0 saturated carbocycles. The molecule has 2 aromatic heterocycles. The summed E-state index contributed by atoms with van der Waals surface area (Å²) in [6.07, 6.45) is 3.89. The number of halogens is 1. The van der Waals surface area contributed by atoms with E-state index in [1.54, 1.807) is 17.5 Å². The van der Waals surface area contributed by atoms with Gasteiger partial charge >= 0.3 is 0 Å². The van der Waals surface area contributed by atoms with E-state index in [-0.39, 0.29) is 5.91 Å². The van der Waals surface area contributed by atoms with Crippen molar-refractivity contribution in [2.75, 3.05) is 13.1 Å². The first-order valence-corrected chi connectivity index (χ1v) is 7.06. The molecule has 88 valence electrons. The molecule has 0 aromatic carbocycles. The second kappa shape index (κ2) is 4.34. The summed E-state index contributed by atoms with van der Waals surface area (Å²) < 4.78 is 2.00. The van der Waals surface area contributed by atoms with Crippen LogP contribution in [0.2, 0.25) is 0 Å². The Kier molecular flexibility index (Phi) is 2.84. The number of aromatic nitrogens is 2. The highest BCUT2D eigenvalue weighted by atomic mass is 79.9. The number of rotatable bonds is 1. The molecule has 3 rings (SSSR count). The van der Waals surface area contributed by atoms with Gasteiger partial charge in [-0.2, -0.15) is 0 Å². The maximum atomic E-state index is 12.1. The Balaban J connectivity index is 1.96. The number of likely N-dealkylation sites (tertiary alicyclic amines) is 1. The lowest BCUT2D eigenvalue weighted by molar-refractivity contribution is 0.0781. The van der Waals surface area contributed by atoms with Crippen LogP contribution in [0.3, 0.4) is 0 Å². The quantitative estimate of drug-likeness (QED) is 0.813. The van der Waals surface area contributed by atoms with Gasteiger partial charge in [0.2, 0.25) is 5.82 Å². The summed E-state index contributed by atoms with van der Waals surface area (Å²) in [5.74, 6) is 0.261. The van der Waals surface area contributed by atoms with Crippen LogP contribution in [0, 0.1) is 0 Å². The minimum atomic E-state index is -0.0493. The normalized spacial score (nSPS) is 15.7. The minimum absolute atomic E-state index is 0.0493. The molecule has 1 aliphatic heterocycles. The predicted molar refractivity (Wildman–Crippen MR) is 70.3 cm³/mol. The van der Waals surface area contributed by atoms with Crippen molar-refractivity contribution < 1.29 is 4.79 Å². The molecule has 0 N–H and O–H groups in total. The molecule has 1 saturated heterocycles. The molecule has 1 amide bonds. The van der Waals surface area contributed by atoms with E-state index >= 15 is 0 Å². The summed E-state index contributed by atoms with van der Waals surface area (Å²) in [4.78, 5) is 22.4. The Morgan fingerprint density at radius 2 is 2.18 bits per heavy atom. The van der Waals surface area contributed by atoms with Crippen LogP contribution >= 0.6 is 27.3 Å². The topological polar surface area (TPSA) is 46.1 Å². The summed E-state index contributed by atoms with van der Waals surface area (Å²) in [5.41, 5.74) is 0.833. The van der Waals surface area contributed by atoms with E-state index in [2.05, 4.69) is 25.9 Å². The van der Waals surface area contributed by atoms with Gasteiger partial charge < -0.3 is 4.90 Å². The molecule has 3 heterocycles. The van der Waals surface area contributed by atoms with E-state index < -0.39 is 0 Å². The van der Waals surface area contributed by atoms with E-state index in [0.29, 0.717) is 5.82 Å². The summed E-state index contributed by atoms with van der Waals surface area (Å²) >= 11 is 4.98. The highest BCUT2D eigenvalue weighted by molar-refractivity contribution is 9.11. The molecule has 6 heteroatoms. The van der Waals surface area contributed by atoms with Crippen molar-refractivity contribution in [3.63, 3.8) is 0 Å². The largest absolute Gasteiger partial charge is 0.336 e. The number of fused-ring (bicyclic) bond motifs is 1. The van der Waals surface area contributed by atoms with Gasteiger partial charge in [-0.1, -0.05) is 0 Å². The average Bonchev–Trinajstić information content (AvgIpc) is 2.94. The van der Waals surface area contributed by atoms with Gasteiger partial charge in [-0.05, 0) is 34.8 Å². The molecule has 2 aromatic rings. The minimum Gasteiger partial charge on any atom is -0.336 e. The second-order valence-electron chi connectivity index (χ2n) is 3.99. The third-order valence-electron chi connectivity index (χ3n) is 2.83. The highest BCUT2D eigenvalue weighted by Crippen LogP contribution is 2.27. The molecule has 0 bridgehead atoms. The number of thiophene rings is 1.